The zero-order valence-electron chi connectivity index (χ0n) is 65.8. The maximum absolute atomic E-state index is 2.31. The van der Waals surface area contributed by atoms with Crippen LogP contribution < -0.4 is 0 Å². The van der Waals surface area contributed by atoms with Gasteiger partial charge in [0.2, 0.25) is 0 Å². The topological polar surface area (TPSA) is 0 Å². The van der Waals surface area contributed by atoms with Crippen molar-refractivity contribution in [2.45, 2.75) is 48.5 Å². The molecular weight excluding hydrogens is 1360 g/mol. The van der Waals surface area contributed by atoms with Crippen LogP contribution in [-0.2, 0) is 0 Å². The van der Waals surface area contributed by atoms with Crippen molar-refractivity contribution in [2.75, 3.05) is 0 Å². The second-order valence-electron chi connectivity index (χ2n) is 28.8. The lowest BCUT2D eigenvalue weighted by molar-refractivity contribution is 1.46. The average molecular weight is 1450 g/mol. The Morgan fingerprint density at radius 3 is 1.01 bits per heavy atom. The van der Waals surface area contributed by atoms with Gasteiger partial charge in [0, 0.05) is 0 Å². The van der Waals surface area contributed by atoms with Crippen molar-refractivity contribution in [3.63, 3.8) is 0 Å². The molecule has 0 heteroatoms. The zero-order chi connectivity index (χ0) is 77.9. The molecule has 548 valence electrons. The van der Waals surface area contributed by atoms with E-state index >= 15 is 0 Å². The molecule has 0 aliphatic carbocycles. The SMILES string of the molecule is Cc1cc(-c2ccccc2)cc(-c2ccccc2)c1.Cc1ccc(-c2ccccc2)c2ccccc12.Cc1ccc(-c2ccccc2)cc1.Cc1ccc2cc(-c3ccccc3)ccc2c1.Cc1cccc(-c2ccccc2)c1.Cc1cccc2c(-c3ccccc3)c3ccccc3cc12.Cc1ccccc1-c1ccccc1. The quantitative estimate of drug-likeness (QED) is 0.133. The summed E-state index contributed by atoms with van der Waals surface area (Å²) in [5, 5.41) is 10.6. The highest BCUT2D eigenvalue weighted by molar-refractivity contribution is 6.13. The molecule has 19 aromatic rings. The van der Waals surface area contributed by atoms with E-state index in [1.165, 1.54) is 171 Å². The van der Waals surface area contributed by atoms with E-state index in [-0.39, 0.29) is 0 Å². The molecule has 0 atom stereocenters. The molecule has 0 spiro atoms. The van der Waals surface area contributed by atoms with Crippen LogP contribution >= 0.6 is 0 Å². The Labute approximate surface area is 670 Å². The smallest absolute Gasteiger partial charge is 0.00267 e. The molecule has 0 saturated heterocycles. The van der Waals surface area contributed by atoms with E-state index in [4.69, 9.17) is 0 Å². The molecule has 0 unspecified atom stereocenters. The van der Waals surface area contributed by atoms with E-state index in [1.54, 1.807) is 0 Å². The molecule has 0 nitrogen and oxygen atoms in total. The van der Waals surface area contributed by atoms with Crippen LogP contribution in [-0.4, -0.2) is 0 Å². The number of aryl methyl sites for hydroxylation is 7. The van der Waals surface area contributed by atoms with Crippen LogP contribution in [0.1, 0.15) is 38.9 Å². The first-order valence-corrected chi connectivity index (χ1v) is 39.1. The van der Waals surface area contributed by atoms with Crippen LogP contribution in [0.4, 0.5) is 0 Å². The summed E-state index contributed by atoms with van der Waals surface area (Å²) in [7, 11) is 0. The molecule has 0 N–H and O–H groups in total. The van der Waals surface area contributed by atoms with Crippen molar-refractivity contribution in [2.24, 2.45) is 0 Å². The molecule has 0 amide bonds. The first-order valence-electron chi connectivity index (χ1n) is 39.1. The number of hydrogen-bond donors (Lipinski definition) is 0. The fourth-order valence-electron chi connectivity index (χ4n) is 14.4. The van der Waals surface area contributed by atoms with Crippen molar-refractivity contribution in [1.29, 1.82) is 0 Å². The maximum atomic E-state index is 2.31. The van der Waals surface area contributed by atoms with Gasteiger partial charge in [0.25, 0.3) is 0 Å². The lowest BCUT2D eigenvalue weighted by Gasteiger charge is -2.13. The molecule has 19 aromatic carbocycles. The third kappa shape index (κ3) is 21.0. The first-order chi connectivity index (χ1) is 55.5. The van der Waals surface area contributed by atoms with Crippen LogP contribution in [0, 0.1) is 48.5 Å². The highest BCUT2D eigenvalue weighted by Gasteiger charge is 2.12. The van der Waals surface area contributed by atoms with Gasteiger partial charge in [-0.25, -0.2) is 0 Å². The van der Waals surface area contributed by atoms with Crippen molar-refractivity contribution in [3.8, 4) is 89.0 Å². The van der Waals surface area contributed by atoms with Crippen LogP contribution in [0.3, 0.4) is 0 Å². The predicted octanol–water partition coefficient (Wildman–Crippen LogP) is 31.9. The number of hydrogen-bond acceptors (Lipinski definition) is 0. The zero-order valence-corrected chi connectivity index (χ0v) is 65.8. The summed E-state index contributed by atoms with van der Waals surface area (Å²) in [6.07, 6.45) is 0. The van der Waals surface area contributed by atoms with Gasteiger partial charge in [0.15, 0.2) is 0 Å². The summed E-state index contributed by atoms with van der Waals surface area (Å²) in [6, 6.07) is 160. The Morgan fingerprint density at radius 1 is 0.124 bits per heavy atom. The minimum Gasteiger partial charge on any atom is -0.0622 e. The molecular formula is C113H96. The Bertz CT molecular complexity index is 6120. The third-order valence-electron chi connectivity index (χ3n) is 20.3. The molecule has 0 aromatic heterocycles. The minimum absolute atomic E-state index is 1.27. The van der Waals surface area contributed by atoms with E-state index < -0.39 is 0 Å². The highest BCUT2D eigenvalue weighted by atomic mass is 14.2. The molecule has 113 heavy (non-hydrogen) atoms. The van der Waals surface area contributed by atoms with Gasteiger partial charge >= 0.3 is 0 Å². The van der Waals surface area contributed by atoms with Crippen molar-refractivity contribution < 1.29 is 0 Å². The van der Waals surface area contributed by atoms with Crippen LogP contribution in [0.2, 0.25) is 0 Å². The van der Waals surface area contributed by atoms with Gasteiger partial charge in [-0.05, 0) is 221 Å². The monoisotopic (exact) mass is 1450 g/mol. The van der Waals surface area contributed by atoms with E-state index in [2.05, 4.69) is 479 Å². The Balaban J connectivity index is 0.000000116. The van der Waals surface area contributed by atoms with E-state index in [0.717, 1.165) is 0 Å². The van der Waals surface area contributed by atoms with Gasteiger partial charge in [-0.3, -0.25) is 0 Å². The van der Waals surface area contributed by atoms with E-state index in [0.29, 0.717) is 0 Å². The molecule has 0 fully saturated rings. The van der Waals surface area contributed by atoms with Gasteiger partial charge in [0.1, 0.15) is 0 Å². The van der Waals surface area contributed by atoms with Crippen LogP contribution in [0.25, 0.3) is 132 Å². The van der Waals surface area contributed by atoms with Crippen molar-refractivity contribution in [1.82, 2.24) is 0 Å². The summed E-state index contributed by atoms with van der Waals surface area (Å²) in [6.45, 7) is 15.0. The Morgan fingerprint density at radius 2 is 0.469 bits per heavy atom. The second kappa shape index (κ2) is 39.0. The molecule has 0 bridgehead atoms. The number of rotatable bonds is 8. The minimum atomic E-state index is 1.27. The largest absolute Gasteiger partial charge is 0.0622 e. The van der Waals surface area contributed by atoms with Gasteiger partial charge in [0.05, 0.1) is 0 Å². The Kier molecular flexibility index (Phi) is 26.7. The summed E-state index contributed by atoms with van der Waals surface area (Å²) < 4.78 is 0. The lowest BCUT2D eigenvalue weighted by Crippen LogP contribution is -1.87. The van der Waals surface area contributed by atoms with Crippen molar-refractivity contribution >= 4 is 43.1 Å². The fourth-order valence-corrected chi connectivity index (χ4v) is 14.4. The number of benzene rings is 19. The fraction of sp³-hybridized carbons (Fsp3) is 0.0619. The summed E-state index contributed by atoms with van der Waals surface area (Å²) in [4.78, 5) is 0. The van der Waals surface area contributed by atoms with Gasteiger partial charge < -0.3 is 0 Å². The van der Waals surface area contributed by atoms with Crippen LogP contribution in [0.5, 0.6) is 0 Å². The standard InChI is InChI=1S/C21H16.C19H16.2C17H14.3C13H12/c1-15-8-7-13-19-20(15)14-17-11-5-6-12-18(17)21(19)16-9-3-2-4-10-16;1-15-12-18(16-8-4-2-5-9-16)14-19(13-15)17-10-6-3-7-11-17;1-13-11-12-16(14-7-3-2-4-8-14)17-10-6-5-9-15(13)17;1-13-7-8-17-12-16(10-9-15(17)11-13)14-5-3-2-4-6-14;1-11-7-5-6-10-13(11)12-8-3-2-4-9-12;1-11-6-5-9-13(10-11)12-7-3-2-4-8-12;1-11-7-9-13(10-8-11)12-5-3-2-4-6-12/h2-14H,1H3;2-14H,1H3;2*2-12H,1H3;3*2-10H,1H3. The third-order valence-corrected chi connectivity index (χ3v) is 20.3. The van der Waals surface area contributed by atoms with Crippen molar-refractivity contribution in [3.05, 3.63) is 494 Å². The van der Waals surface area contributed by atoms with Crippen LogP contribution in [0.15, 0.2) is 455 Å². The number of fused-ring (bicyclic) bond motifs is 4. The Hall–Kier alpha value is -13.8. The molecule has 0 heterocycles. The lowest BCUT2D eigenvalue weighted by atomic mass is 9.91. The van der Waals surface area contributed by atoms with Gasteiger partial charge in [-0.2, -0.15) is 0 Å². The molecule has 0 aliphatic rings. The molecule has 0 saturated carbocycles. The summed E-state index contributed by atoms with van der Waals surface area (Å²) in [5.74, 6) is 0. The summed E-state index contributed by atoms with van der Waals surface area (Å²) >= 11 is 0. The molecule has 19 rings (SSSR count). The average Bonchev–Trinajstić information content (AvgIpc) is 0.754. The second-order valence-corrected chi connectivity index (χ2v) is 28.8. The molecule has 0 aliphatic heterocycles. The highest BCUT2D eigenvalue weighted by Crippen LogP contribution is 2.38. The summed E-state index contributed by atoms with van der Waals surface area (Å²) in [5.41, 5.74) is 29.8. The van der Waals surface area contributed by atoms with E-state index in [1.807, 2.05) is 24.3 Å². The van der Waals surface area contributed by atoms with E-state index in [9.17, 15) is 0 Å². The normalized spacial score (nSPS) is 10.4. The maximum Gasteiger partial charge on any atom is -0.00267 e. The predicted molar refractivity (Wildman–Crippen MR) is 492 cm³/mol. The van der Waals surface area contributed by atoms with Gasteiger partial charge in [-0.15, -0.1) is 0 Å². The van der Waals surface area contributed by atoms with Gasteiger partial charge in [-0.1, -0.05) is 453 Å². The first kappa shape index (κ1) is 77.4. The molecule has 0 radical (unpaired) electrons.